The fraction of sp³-hybridized carbons (Fsp3) is 0.692. The zero-order valence-electron chi connectivity index (χ0n) is 12.0. The Morgan fingerprint density at radius 2 is 2.45 bits per heavy atom. The highest BCUT2D eigenvalue weighted by molar-refractivity contribution is 5.90. The maximum Gasteiger partial charge on any atom is 0.240 e. The van der Waals surface area contributed by atoms with E-state index in [2.05, 4.69) is 15.4 Å². The van der Waals surface area contributed by atoms with Crippen molar-refractivity contribution in [1.29, 1.82) is 0 Å². The van der Waals surface area contributed by atoms with Crippen LogP contribution in [0.3, 0.4) is 0 Å². The molecule has 2 rings (SSSR count). The van der Waals surface area contributed by atoms with Gasteiger partial charge in [0.1, 0.15) is 0 Å². The lowest BCUT2D eigenvalue weighted by molar-refractivity contribution is -0.117. The van der Waals surface area contributed by atoms with Gasteiger partial charge in [-0.15, -0.1) is 12.4 Å². The normalized spacial score (nSPS) is 21.1. The Kier molecular flexibility index (Phi) is 6.45. The van der Waals surface area contributed by atoms with E-state index in [0.717, 1.165) is 31.6 Å². The molecule has 2 heterocycles. The van der Waals surface area contributed by atoms with Crippen molar-refractivity contribution in [2.75, 3.05) is 25.0 Å². The summed E-state index contributed by atoms with van der Waals surface area (Å²) in [5, 5.41) is 6.44. The van der Waals surface area contributed by atoms with Crippen LogP contribution in [0, 0.1) is 12.8 Å². The van der Waals surface area contributed by atoms with Crippen molar-refractivity contribution < 1.29 is 9.32 Å². The predicted molar refractivity (Wildman–Crippen MR) is 79.9 cm³/mol. The third-order valence-corrected chi connectivity index (χ3v) is 3.54. The lowest BCUT2D eigenvalue weighted by Crippen LogP contribution is -2.45. The number of likely N-dealkylation sites (tertiary alicyclic amines) is 1. The molecular weight excluding hydrogens is 280 g/mol. The summed E-state index contributed by atoms with van der Waals surface area (Å²) in [4.78, 5) is 14.0. The van der Waals surface area contributed by atoms with E-state index in [0.29, 0.717) is 18.3 Å². The minimum Gasteiger partial charge on any atom is -0.338 e. The molecule has 3 N–H and O–H groups in total. The van der Waals surface area contributed by atoms with E-state index in [-0.39, 0.29) is 24.4 Å². The van der Waals surface area contributed by atoms with Gasteiger partial charge in [-0.1, -0.05) is 5.16 Å². The van der Waals surface area contributed by atoms with Crippen molar-refractivity contribution in [2.24, 2.45) is 11.7 Å². The number of rotatable bonds is 4. The van der Waals surface area contributed by atoms with Crippen LogP contribution in [0.2, 0.25) is 0 Å². The van der Waals surface area contributed by atoms with Gasteiger partial charge in [0.25, 0.3) is 0 Å². The first kappa shape index (κ1) is 16.9. The number of aromatic nitrogens is 1. The Labute approximate surface area is 125 Å². The number of amides is 1. The molecule has 0 aliphatic carbocycles. The van der Waals surface area contributed by atoms with Crippen LogP contribution in [0.25, 0.3) is 0 Å². The number of nitrogens with one attached hydrogen (secondary N) is 1. The second-order valence-electron chi connectivity index (χ2n) is 5.38. The van der Waals surface area contributed by atoms with Gasteiger partial charge in [-0.3, -0.25) is 15.0 Å². The molecule has 1 aliphatic heterocycles. The third kappa shape index (κ3) is 4.77. The molecule has 0 radical (unpaired) electrons. The van der Waals surface area contributed by atoms with Gasteiger partial charge in [-0.05, 0) is 39.2 Å². The molecule has 20 heavy (non-hydrogen) atoms. The SMILES string of the molecule is Cc1cc(NC(=O)CN2CCCC(C(C)N)C2)on1.Cl. The summed E-state index contributed by atoms with van der Waals surface area (Å²) in [6.07, 6.45) is 2.25. The topological polar surface area (TPSA) is 84.4 Å². The lowest BCUT2D eigenvalue weighted by Gasteiger charge is -2.33. The lowest BCUT2D eigenvalue weighted by atomic mass is 9.92. The molecule has 0 spiro atoms. The molecule has 1 amide bonds. The molecule has 1 aromatic rings. The first-order chi connectivity index (χ1) is 9.04. The molecule has 114 valence electrons. The maximum atomic E-state index is 11.9. The van der Waals surface area contributed by atoms with Gasteiger partial charge in [0.05, 0.1) is 12.2 Å². The van der Waals surface area contributed by atoms with E-state index in [1.165, 1.54) is 0 Å². The Balaban J connectivity index is 0.00000200. The van der Waals surface area contributed by atoms with E-state index in [1.54, 1.807) is 6.07 Å². The molecule has 0 aromatic carbocycles. The first-order valence-electron chi connectivity index (χ1n) is 6.75. The Morgan fingerprint density at radius 1 is 1.70 bits per heavy atom. The summed E-state index contributed by atoms with van der Waals surface area (Å²) < 4.78 is 4.96. The number of hydrogen-bond donors (Lipinski definition) is 2. The van der Waals surface area contributed by atoms with Gasteiger partial charge >= 0.3 is 0 Å². The molecule has 0 saturated carbocycles. The van der Waals surface area contributed by atoms with Crippen LogP contribution in [0.1, 0.15) is 25.5 Å². The van der Waals surface area contributed by atoms with Crippen LogP contribution in [0.4, 0.5) is 5.88 Å². The number of anilines is 1. The molecular formula is C13H23ClN4O2. The zero-order valence-corrected chi connectivity index (χ0v) is 12.8. The number of nitrogens with zero attached hydrogens (tertiary/aromatic N) is 2. The minimum atomic E-state index is -0.0681. The number of hydrogen-bond acceptors (Lipinski definition) is 5. The average molecular weight is 303 g/mol. The second-order valence-corrected chi connectivity index (χ2v) is 5.38. The smallest absolute Gasteiger partial charge is 0.240 e. The maximum absolute atomic E-state index is 11.9. The fourth-order valence-electron chi connectivity index (χ4n) is 2.47. The third-order valence-electron chi connectivity index (χ3n) is 3.54. The standard InChI is InChI=1S/C13H22N4O2.ClH/c1-9-6-13(19-16-9)15-12(18)8-17-5-3-4-11(7-17)10(2)14;/h6,10-11H,3-5,7-8,14H2,1-2H3,(H,15,18);1H. The van der Waals surface area contributed by atoms with Crippen LogP contribution in [-0.2, 0) is 4.79 Å². The summed E-state index contributed by atoms with van der Waals surface area (Å²) in [5.74, 6) is 0.818. The Hall–Kier alpha value is -1.11. The monoisotopic (exact) mass is 302 g/mol. The summed E-state index contributed by atoms with van der Waals surface area (Å²) in [7, 11) is 0. The van der Waals surface area contributed by atoms with Crippen molar-refractivity contribution in [3.8, 4) is 0 Å². The second kappa shape index (κ2) is 7.61. The van der Waals surface area contributed by atoms with E-state index in [4.69, 9.17) is 10.3 Å². The van der Waals surface area contributed by atoms with Gasteiger partial charge in [0, 0.05) is 18.7 Å². The van der Waals surface area contributed by atoms with Crippen LogP contribution >= 0.6 is 12.4 Å². The molecule has 2 atom stereocenters. The zero-order chi connectivity index (χ0) is 13.8. The quantitative estimate of drug-likeness (QED) is 0.878. The van der Waals surface area contributed by atoms with Crippen LogP contribution in [0.15, 0.2) is 10.6 Å². The van der Waals surface area contributed by atoms with Gasteiger partial charge < -0.3 is 10.3 Å². The molecule has 1 aromatic heterocycles. The first-order valence-corrected chi connectivity index (χ1v) is 6.75. The number of piperidine rings is 1. The van der Waals surface area contributed by atoms with E-state index in [1.807, 2.05) is 13.8 Å². The minimum absolute atomic E-state index is 0. The van der Waals surface area contributed by atoms with Gasteiger partial charge in [-0.25, -0.2) is 0 Å². The van der Waals surface area contributed by atoms with Crippen LogP contribution < -0.4 is 11.1 Å². The van der Waals surface area contributed by atoms with Crippen LogP contribution in [0.5, 0.6) is 0 Å². The molecule has 1 saturated heterocycles. The molecule has 1 aliphatic rings. The van der Waals surface area contributed by atoms with E-state index >= 15 is 0 Å². The molecule has 1 fully saturated rings. The van der Waals surface area contributed by atoms with Crippen molar-refractivity contribution in [3.05, 3.63) is 11.8 Å². The molecule has 6 nitrogen and oxygen atoms in total. The number of aryl methyl sites for hydroxylation is 1. The van der Waals surface area contributed by atoms with Crippen molar-refractivity contribution in [3.63, 3.8) is 0 Å². The van der Waals surface area contributed by atoms with Gasteiger partial charge in [0.15, 0.2) is 0 Å². The molecule has 2 unspecified atom stereocenters. The summed E-state index contributed by atoms with van der Waals surface area (Å²) >= 11 is 0. The van der Waals surface area contributed by atoms with Gasteiger partial charge in [0.2, 0.25) is 11.8 Å². The Morgan fingerprint density at radius 3 is 3.05 bits per heavy atom. The number of halogens is 1. The van der Waals surface area contributed by atoms with E-state index < -0.39 is 0 Å². The largest absolute Gasteiger partial charge is 0.338 e. The molecule has 0 bridgehead atoms. The highest BCUT2D eigenvalue weighted by Crippen LogP contribution is 2.18. The highest BCUT2D eigenvalue weighted by Gasteiger charge is 2.24. The predicted octanol–water partition coefficient (Wildman–Crippen LogP) is 1.40. The van der Waals surface area contributed by atoms with Crippen LogP contribution in [-0.4, -0.2) is 41.6 Å². The summed E-state index contributed by atoms with van der Waals surface area (Å²) in [6, 6.07) is 1.89. The number of nitrogens with two attached hydrogens (primary N) is 1. The number of carbonyl (C=O) groups is 1. The molecule has 7 heteroatoms. The average Bonchev–Trinajstić information content (AvgIpc) is 2.74. The summed E-state index contributed by atoms with van der Waals surface area (Å²) in [6.45, 7) is 6.07. The van der Waals surface area contributed by atoms with Crippen molar-refractivity contribution in [2.45, 2.75) is 32.7 Å². The van der Waals surface area contributed by atoms with Crippen molar-refractivity contribution in [1.82, 2.24) is 10.1 Å². The fourth-order valence-corrected chi connectivity index (χ4v) is 2.47. The Bertz CT molecular complexity index is 436. The highest BCUT2D eigenvalue weighted by atomic mass is 35.5. The van der Waals surface area contributed by atoms with Gasteiger partial charge in [-0.2, -0.15) is 0 Å². The van der Waals surface area contributed by atoms with Crippen molar-refractivity contribution >= 4 is 24.2 Å². The number of carbonyl (C=O) groups excluding carboxylic acids is 1. The summed E-state index contributed by atoms with van der Waals surface area (Å²) in [5.41, 5.74) is 6.69. The van der Waals surface area contributed by atoms with E-state index in [9.17, 15) is 4.79 Å².